The number of ether oxygens (including phenoxy) is 8. The Morgan fingerprint density at radius 1 is 0.522 bits per heavy atom. The van der Waals surface area contributed by atoms with Crippen LogP contribution in [-0.2, 0) is 0 Å². The van der Waals surface area contributed by atoms with Gasteiger partial charge in [-0.1, -0.05) is 12.1 Å². The third-order valence-corrected chi connectivity index (χ3v) is 8.33. The molecule has 0 unspecified atom stereocenters. The lowest BCUT2D eigenvalue weighted by molar-refractivity contribution is 0.0834. The molecule has 0 spiro atoms. The van der Waals surface area contributed by atoms with Gasteiger partial charge in [-0.15, -0.1) is 0 Å². The van der Waals surface area contributed by atoms with Crippen LogP contribution >= 0.6 is 0 Å². The van der Waals surface area contributed by atoms with Gasteiger partial charge in [0, 0.05) is 23.3 Å². The summed E-state index contributed by atoms with van der Waals surface area (Å²) in [6.07, 6.45) is -0.999. The van der Waals surface area contributed by atoms with Crippen molar-refractivity contribution in [3.63, 3.8) is 0 Å². The molecule has 10 heteroatoms. The molecule has 4 aromatic rings. The van der Waals surface area contributed by atoms with E-state index in [1.807, 2.05) is 36.4 Å². The van der Waals surface area contributed by atoms with Crippen LogP contribution in [-0.4, -0.2) is 54.2 Å². The van der Waals surface area contributed by atoms with E-state index >= 15 is 0 Å². The van der Waals surface area contributed by atoms with Gasteiger partial charge in [0.1, 0.15) is 57.8 Å². The lowest BCUT2D eigenvalue weighted by Gasteiger charge is -2.30. The van der Waals surface area contributed by atoms with Crippen molar-refractivity contribution in [2.75, 3.05) is 42.7 Å². The predicted octanol–water partition coefficient (Wildman–Crippen LogP) is 6.82. The first-order valence-electron chi connectivity index (χ1n) is 14.6. The van der Waals surface area contributed by atoms with Crippen LogP contribution in [0.2, 0.25) is 0 Å². The van der Waals surface area contributed by atoms with Crippen molar-refractivity contribution in [2.24, 2.45) is 0 Å². The number of ketones is 2. The van der Waals surface area contributed by atoms with Crippen molar-refractivity contribution < 1.29 is 47.5 Å². The standard InChI is InChI=1S/C36H34O10/c1-39-21-15-32(44-6)34-24(37)17-29(45-33(34)16-21)19-7-10-26(40-2)23(13-19)22-9-12-28(42-4)35-25(38)18-30(46-36(22)35)20-8-11-27(41-3)31(14-20)43-5/h7-16,29-30H,17-18H2,1-6H3/t29-,30-/m0/s1. The fourth-order valence-electron chi connectivity index (χ4n) is 6.03. The summed E-state index contributed by atoms with van der Waals surface area (Å²) in [5, 5.41) is 0. The van der Waals surface area contributed by atoms with Crippen molar-refractivity contribution in [1.29, 1.82) is 0 Å². The van der Waals surface area contributed by atoms with E-state index in [9.17, 15) is 9.59 Å². The largest absolute Gasteiger partial charge is 0.496 e. The monoisotopic (exact) mass is 626 g/mol. The van der Waals surface area contributed by atoms with E-state index in [4.69, 9.17) is 37.9 Å². The van der Waals surface area contributed by atoms with Crippen LogP contribution in [0.15, 0.2) is 60.7 Å². The van der Waals surface area contributed by atoms with Gasteiger partial charge in [0.05, 0.1) is 55.5 Å². The van der Waals surface area contributed by atoms with Crippen molar-refractivity contribution in [2.45, 2.75) is 25.0 Å². The molecule has 2 atom stereocenters. The molecule has 0 aromatic heterocycles. The van der Waals surface area contributed by atoms with Crippen LogP contribution in [0.25, 0.3) is 11.1 Å². The maximum atomic E-state index is 13.7. The predicted molar refractivity (Wildman–Crippen MR) is 169 cm³/mol. The Morgan fingerprint density at radius 2 is 1.11 bits per heavy atom. The van der Waals surface area contributed by atoms with Gasteiger partial charge in [0.25, 0.3) is 0 Å². The topological polar surface area (TPSA) is 108 Å². The second kappa shape index (κ2) is 12.5. The van der Waals surface area contributed by atoms with Gasteiger partial charge in [-0.05, 0) is 47.5 Å². The van der Waals surface area contributed by atoms with E-state index in [1.165, 1.54) is 21.3 Å². The molecule has 2 heterocycles. The summed E-state index contributed by atoms with van der Waals surface area (Å²) in [6.45, 7) is 0. The minimum atomic E-state index is -0.599. The Bertz CT molecular complexity index is 1830. The number of methoxy groups -OCH3 is 6. The molecule has 0 aliphatic carbocycles. The van der Waals surface area contributed by atoms with Crippen LogP contribution < -0.4 is 37.9 Å². The SMILES string of the molecule is COc1cc(OC)c2c(c1)O[C@H](c1ccc(OC)c(-c3ccc(OC)c4c3O[C@H](c3ccc(OC)c(OC)c3)CC4=O)c1)CC2=O. The fraction of sp³-hybridized carbons (Fsp3) is 0.278. The molecule has 4 aromatic carbocycles. The molecule has 238 valence electrons. The van der Waals surface area contributed by atoms with Gasteiger partial charge in [0.2, 0.25) is 0 Å². The third kappa shape index (κ3) is 5.29. The lowest BCUT2D eigenvalue weighted by Crippen LogP contribution is -2.22. The Labute approximate surface area is 266 Å². The quantitative estimate of drug-likeness (QED) is 0.196. The van der Waals surface area contributed by atoms with Gasteiger partial charge >= 0.3 is 0 Å². The normalized spacial score (nSPS) is 16.7. The van der Waals surface area contributed by atoms with Gasteiger partial charge in [-0.2, -0.15) is 0 Å². The molecule has 2 aliphatic rings. The maximum Gasteiger partial charge on any atom is 0.174 e. The number of Topliss-reactive ketones (excluding diaryl/α,β-unsaturated/α-hetero) is 2. The molecule has 0 fully saturated rings. The minimum absolute atomic E-state index is 0.0958. The molecule has 6 rings (SSSR count). The first-order chi connectivity index (χ1) is 22.3. The molecule has 0 saturated heterocycles. The summed E-state index contributed by atoms with van der Waals surface area (Å²) in [6, 6.07) is 17.9. The van der Waals surface area contributed by atoms with E-state index in [2.05, 4.69) is 0 Å². The molecule has 0 saturated carbocycles. The maximum absolute atomic E-state index is 13.7. The number of hydrogen-bond donors (Lipinski definition) is 0. The summed E-state index contributed by atoms with van der Waals surface area (Å²) in [4.78, 5) is 27.1. The Morgan fingerprint density at radius 3 is 1.76 bits per heavy atom. The smallest absolute Gasteiger partial charge is 0.174 e. The number of benzene rings is 4. The van der Waals surface area contributed by atoms with Gasteiger partial charge in [-0.3, -0.25) is 9.59 Å². The zero-order chi connectivity index (χ0) is 32.5. The molecule has 0 N–H and O–H groups in total. The summed E-state index contributed by atoms with van der Waals surface area (Å²) in [5.74, 6) is 3.46. The number of fused-ring (bicyclic) bond motifs is 2. The highest BCUT2D eigenvalue weighted by Crippen LogP contribution is 2.49. The van der Waals surface area contributed by atoms with Crippen molar-refractivity contribution in [1.82, 2.24) is 0 Å². The lowest BCUT2D eigenvalue weighted by atomic mass is 9.89. The first-order valence-corrected chi connectivity index (χ1v) is 14.6. The average molecular weight is 627 g/mol. The van der Waals surface area contributed by atoms with Crippen molar-refractivity contribution >= 4 is 11.6 Å². The second-order valence-electron chi connectivity index (χ2n) is 10.8. The molecule has 0 bridgehead atoms. The molecular formula is C36H34O10. The van der Waals surface area contributed by atoms with E-state index < -0.39 is 12.2 Å². The van der Waals surface area contributed by atoms with Crippen LogP contribution in [0.5, 0.6) is 46.0 Å². The van der Waals surface area contributed by atoms with Crippen LogP contribution in [0, 0.1) is 0 Å². The molecule has 0 radical (unpaired) electrons. The minimum Gasteiger partial charge on any atom is -0.496 e. The summed E-state index contributed by atoms with van der Waals surface area (Å²) >= 11 is 0. The van der Waals surface area contributed by atoms with Gasteiger partial charge in [0.15, 0.2) is 23.1 Å². The van der Waals surface area contributed by atoms with Gasteiger partial charge < -0.3 is 37.9 Å². The Hall–Kier alpha value is -5.38. The molecule has 0 amide bonds. The Kier molecular flexibility index (Phi) is 8.36. The van der Waals surface area contributed by atoms with E-state index in [1.54, 1.807) is 45.6 Å². The van der Waals surface area contributed by atoms with Crippen molar-refractivity contribution in [3.8, 4) is 57.1 Å². The number of hydrogen-bond acceptors (Lipinski definition) is 10. The average Bonchev–Trinajstić information content (AvgIpc) is 3.09. The zero-order valence-electron chi connectivity index (χ0n) is 26.4. The van der Waals surface area contributed by atoms with Crippen LogP contribution in [0.3, 0.4) is 0 Å². The van der Waals surface area contributed by atoms with E-state index in [0.717, 1.165) is 11.1 Å². The highest BCUT2D eigenvalue weighted by molar-refractivity contribution is 6.05. The molecule has 46 heavy (non-hydrogen) atoms. The van der Waals surface area contributed by atoms with Crippen molar-refractivity contribution in [3.05, 3.63) is 82.9 Å². The first kappa shape index (κ1) is 30.6. The van der Waals surface area contributed by atoms with Crippen LogP contribution in [0.4, 0.5) is 0 Å². The van der Waals surface area contributed by atoms with Gasteiger partial charge in [-0.25, -0.2) is 0 Å². The van der Waals surface area contributed by atoms with E-state index in [0.29, 0.717) is 68.2 Å². The fourth-order valence-corrected chi connectivity index (χ4v) is 6.03. The number of rotatable bonds is 9. The van der Waals surface area contributed by atoms with Crippen LogP contribution in [0.1, 0.15) is 56.9 Å². The molecular weight excluding hydrogens is 592 g/mol. The summed E-state index contributed by atoms with van der Waals surface area (Å²) in [7, 11) is 9.25. The molecule has 2 aliphatic heterocycles. The number of carbonyl (C=O) groups excluding carboxylic acids is 2. The second-order valence-corrected chi connectivity index (χ2v) is 10.8. The summed E-state index contributed by atoms with van der Waals surface area (Å²) in [5.41, 5.74) is 3.50. The zero-order valence-corrected chi connectivity index (χ0v) is 26.4. The molecule has 10 nitrogen and oxygen atoms in total. The number of carbonyl (C=O) groups is 2. The summed E-state index contributed by atoms with van der Waals surface area (Å²) < 4.78 is 46.1. The van der Waals surface area contributed by atoms with E-state index in [-0.39, 0.29) is 24.4 Å². The Balaban J connectivity index is 1.43. The highest BCUT2D eigenvalue weighted by atomic mass is 16.5. The third-order valence-electron chi connectivity index (χ3n) is 8.33. The highest BCUT2D eigenvalue weighted by Gasteiger charge is 2.35.